The summed E-state index contributed by atoms with van der Waals surface area (Å²) in [5.74, 6) is -1.33. The summed E-state index contributed by atoms with van der Waals surface area (Å²) < 4.78 is 30.9. The van der Waals surface area contributed by atoms with Crippen molar-refractivity contribution >= 4 is 17.9 Å². The topological polar surface area (TPSA) is 139 Å². The fourth-order valence-electron chi connectivity index (χ4n) is 7.11. The van der Waals surface area contributed by atoms with E-state index in [0.717, 1.165) is 0 Å². The molecule has 0 aromatic carbocycles. The molecule has 10 nitrogen and oxygen atoms in total. The van der Waals surface area contributed by atoms with Crippen LogP contribution in [0.5, 0.6) is 0 Å². The Kier molecular flexibility index (Phi) is 17.0. The predicted octanol–water partition coefficient (Wildman–Crippen LogP) is 8.99. The van der Waals surface area contributed by atoms with Crippen LogP contribution in [0.25, 0.3) is 0 Å². The smallest absolute Gasteiger partial charge is 0.306 e. The summed E-state index contributed by atoms with van der Waals surface area (Å²) in [6.45, 7) is 27.4. The van der Waals surface area contributed by atoms with Gasteiger partial charge in [-0.2, -0.15) is 0 Å². The van der Waals surface area contributed by atoms with Crippen LogP contribution in [0, 0.1) is 39.5 Å². The lowest BCUT2D eigenvalue weighted by Gasteiger charge is -2.35. The zero-order valence-electron chi connectivity index (χ0n) is 34.8. The van der Waals surface area contributed by atoms with Gasteiger partial charge >= 0.3 is 17.9 Å². The van der Waals surface area contributed by atoms with Gasteiger partial charge in [-0.15, -0.1) is 0 Å². The van der Waals surface area contributed by atoms with Crippen LogP contribution in [0.1, 0.15) is 165 Å². The number of allylic oxidation sites excluding steroid dienone is 1. The average Bonchev–Trinajstić information content (AvgIpc) is 3.11. The standard InChI is InChI=1S/C43H64O10/c1-16-32-25(9)37(47)27(11)39(50-32)23(7)21-24(8)40(51-35(45)19-4)30(14)43(52-36(46)20-22(5)6)31(15)42-29(13)38(48)28(12)41(53-42)26(10)33(17-2)49-34(44)18-3/h21-23,26,30-31,33,40,43H,16-20H2,1-15H3/t23-,26+,30+,31+,33+,40+,43-/m1/s1. The second-order valence-electron chi connectivity index (χ2n) is 15.0. The summed E-state index contributed by atoms with van der Waals surface area (Å²) in [4.78, 5) is 65.5. The molecule has 0 aliphatic carbocycles. The van der Waals surface area contributed by atoms with Gasteiger partial charge in [0.1, 0.15) is 41.4 Å². The summed E-state index contributed by atoms with van der Waals surface area (Å²) in [6.07, 6.45) is 1.25. The largest absolute Gasteiger partial charge is 0.465 e. The number of aryl methyl sites for hydroxylation is 1. The lowest BCUT2D eigenvalue weighted by Crippen LogP contribution is -2.40. The Morgan fingerprint density at radius 3 is 1.68 bits per heavy atom. The average molecular weight is 741 g/mol. The fraction of sp³-hybridized carbons (Fsp3) is 0.651. The first kappa shape index (κ1) is 45.2. The molecule has 7 atom stereocenters. The molecule has 0 saturated heterocycles. The van der Waals surface area contributed by atoms with E-state index in [9.17, 15) is 24.0 Å². The number of carbonyl (C=O) groups excluding carboxylic acids is 3. The lowest BCUT2D eigenvalue weighted by atomic mass is 9.82. The maximum absolute atomic E-state index is 13.8. The first-order valence-corrected chi connectivity index (χ1v) is 19.3. The summed E-state index contributed by atoms with van der Waals surface area (Å²) in [6, 6.07) is 0. The molecule has 0 radical (unpaired) electrons. The van der Waals surface area contributed by atoms with Crippen LogP contribution in [0.3, 0.4) is 0 Å². The fourth-order valence-corrected chi connectivity index (χ4v) is 7.11. The molecule has 0 amide bonds. The third-order valence-electron chi connectivity index (χ3n) is 10.3. The third kappa shape index (κ3) is 11.0. The van der Waals surface area contributed by atoms with E-state index in [1.165, 1.54) is 0 Å². The Balaban J connectivity index is 2.79. The van der Waals surface area contributed by atoms with Gasteiger partial charge in [0.25, 0.3) is 0 Å². The number of carbonyl (C=O) groups is 3. The van der Waals surface area contributed by atoms with Crippen LogP contribution in [-0.2, 0) is 35.0 Å². The van der Waals surface area contributed by atoms with E-state index < -0.39 is 48.0 Å². The van der Waals surface area contributed by atoms with Gasteiger partial charge in [0.05, 0.1) is 11.8 Å². The molecule has 296 valence electrons. The van der Waals surface area contributed by atoms with Crippen LogP contribution in [-0.4, -0.2) is 36.2 Å². The first-order valence-electron chi connectivity index (χ1n) is 19.3. The molecule has 0 unspecified atom stereocenters. The van der Waals surface area contributed by atoms with E-state index in [2.05, 4.69) is 0 Å². The van der Waals surface area contributed by atoms with Crippen molar-refractivity contribution in [3.8, 4) is 0 Å². The number of rotatable bonds is 18. The highest BCUT2D eigenvalue weighted by Crippen LogP contribution is 2.37. The number of ether oxygens (including phenoxy) is 3. The molecular formula is C43H64O10. The highest BCUT2D eigenvalue weighted by Gasteiger charge is 2.39. The van der Waals surface area contributed by atoms with E-state index >= 15 is 0 Å². The first-order chi connectivity index (χ1) is 24.7. The van der Waals surface area contributed by atoms with E-state index in [1.807, 2.05) is 68.4 Å². The van der Waals surface area contributed by atoms with Gasteiger partial charge in [-0.25, -0.2) is 0 Å². The summed E-state index contributed by atoms with van der Waals surface area (Å²) in [5.41, 5.74) is 2.32. The quantitative estimate of drug-likeness (QED) is 0.0826. The molecule has 0 aliphatic rings. The minimum atomic E-state index is -0.895. The Hall–Kier alpha value is -3.95. The Bertz CT molecular complexity index is 1740. The summed E-state index contributed by atoms with van der Waals surface area (Å²) in [7, 11) is 0. The second kappa shape index (κ2) is 19.9. The molecule has 0 aliphatic heterocycles. The summed E-state index contributed by atoms with van der Waals surface area (Å²) >= 11 is 0. The zero-order chi connectivity index (χ0) is 40.5. The maximum atomic E-state index is 13.8. The van der Waals surface area contributed by atoms with Crippen molar-refractivity contribution in [2.75, 3.05) is 0 Å². The molecule has 0 N–H and O–H groups in total. The van der Waals surface area contributed by atoms with Gasteiger partial charge < -0.3 is 23.0 Å². The van der Waals surface area contributed by atoms with Crippen molar-refractivity contribution in [2.24, 2.45) is 11.8 Å². The number of esters is 3. The van der Waals surface area contributed by atoms with Gasteiger partial charge in [-0.05, 0) is 52.5 Å². The number of hydrogen-bond acceptors (Lipinski definition) is 10. The molecule has 0 saturated carbocycles. The third-order valence-corrected chi connectivity index (χ3v) is 10.3. The van der Waals surface area contributed by atoms with Crippen LogP contribution in [0.2, 0.25) is 0 Å². The Labute approximate surface area is 316 Å². The van der Waals surface area contributed by atoms with Crippen molar-refractivity contribution in [3.05, 3.63) is 77.4 Å². The molecule has 10 heteroatoms. The maximum Gasteiger partial charge on any atom is 0.306 e. The van der Waals surface area contributed by atoms with Gasteiger partial charge in [0.2, 0.25) is 0 Å². The monoisotopic (exact) mass is 740 g/mol. The highest BCUT2D eigenvalue weighted by molar-refractivity contribution is 5.70. The van der Waals surface area contributed by atoms with Crippen molar-refractivity contribution in [1.29, 1.82) is 0 Å². The SMILES string of the molecule is CCC(=O)O[C@@H](CC)[C@H](C)c1oc([C@H](C)[C@H](OC(=O)CC(C)C)[C@@H](C)[C@@H](OC(=O)CC)C(C)=C[C@@H](C)c2oc(CC)c(C)c(=O)c2C)c(C)c(=O)c1C. The normalized spacial score (nSPS) is 16.0. The Morgan fingerprint density at radius 2 is 1.17 bits per heavy atom. The van der Waals surface area contributed by atoms with E-state index in [-0.39, 0.29) is 47.9 Å². The summed E-state index contributed by atoms with van der Waals surface area (Å²) in [5, 5.41) is 0. The predicted molar refractivity (Wildman–Crippen MR) is 206 cm³/mol. The van der Waals surface area contributed by atoms with Gasteiger partial charge in [0, 0.05) is 59.8 Å². The van der Waals surface area contributed by atoms with E-state index in [4.69, 9.17) is 23.0 Å². The molecule has 0 bridgehead atoms. The van der Waals surface area contributed by atoms with E-state index in [0.29, 0.717) is 63.7 Å². The molecule has 2 rings (SSSR count). The molecule has 2 heterocycles. The lowest BCUT2D eigenvalue weighted by molar-refractivity contribution is -0.161. The van der Waals surface area contributed by atoms with Crippen molar-refractivity contribution in [3.63, 3.8) is 0 Å². The Morgan fingerprint density at radius 1 is 0.660 bits per heavy atom. The molecule has 53 heavy (non-hydrogen) atoms. The minimum Gasteiger partial charge on any atom is -0.465 e. The zero-order valence-corrected chi connectivity index (χ0v) is 34.8. The van der Waals surface area contributed by atoms with Crippen LogP contribution in [0.15, 0.2) is 30.1 Å². The van der Waals surface area contributed by atoms with E-state index in [1.54, 1.807) is 41.5 Å². The minimum absolute atomic E-state index is 0.0219. The molecular weight excluding hydrogens is 676 g/mol. The van der Waals surface area contributed by atoms with Gasteiger partial charge in [-0.3, -0.25) is 24.0 Å². The van der Waals surface area contributed by atoms with Crippen LogP contribution in [0.4, 0.5) is 0 Å². The van der Waals surface area contributed by atoms with Crippen LogP contribution >= 0.6 is 0 Å². The van der Waals surface area contributed by atoms with Crippen molar-refractivity contribution < 1.29 is 37.4 Å². The van der Waals surface area contributed by atoms with Gasteiger partial charge in [0.15, 0.2) is 10.9 Å². The highest BCUT2D eigenvalue weighted by atomic mass is 16.6. The number of hydrogen-bond donors (Lipinski definition) is 0. The van der Waals surface area contributed by atoms with Crippen LogP contribution < -0.4 is 10.9 Å². The molecule has 0 fully saturated rings. The van der Waals surface area contributed by atoms with Gasteiger partial charge in [-0.1, -0.05) is 75.3 Å². The van der Waals surface area contributed by atoms with Crippen molar-refractivity contribution in [1.82, 2.24) is 0 Å². The molecule has 0 spiro atoms. The second-order valence-corrected chi connectivity index (χ2v) is 15.0. The molecule has 2 aromatic heterocycles. The molecule has 2 aromatic rings. The van der Waals surface area contributed by atoms with Crippen molar-refractivity contribution in [2.45, 2.75) is 172 Å².